The number of rotatable bonds is 2. The summed E-state index contributed by atoms with van der Waals surface area (Å²) in [7, 11) is 0. The summed E-state index contributed by atoms with van der Waals surface area (Å²) in [5.41, 5.74) is 2.90. The Balaban J connectivity index is 1.84. The highest BCUT2D eigenvalue weighted by atomic mass is 19.2. The molecule has 2 atom stereocenters. The van der Waals surface area contributed by atoms with Crippen LogP contribution in [0.1, 0.15) is 35.6 Å². The standard InChI is InChI=1S/C18H18F2O/c19-16-9-8-12(11-17(16)20)10-14-6-3-5-13-4-1-2-7-15(13)18(14)21/h1-2,4,7-9,11,14,18,21H,3,5-6,10H2. The van der Waals surface area contributed by atoms with Gasteiger partial charge in [-0.2, -0.15) is 0 Å². The molecule has 0 amide bonds. The Labute approximate surface area is 123 Å². The molecule has 0 radical (unpaired) electrons. The minimum atomic E-state index is -0.828. The van der Waals surface area contributed by atoms with Crippen molar-refractivity contribution in [2.45, 2.75) is 31.8 Å². The molecule has 2 aromatic rings. The second kappa shape index (κ2) is 5.94. The molecule has 2 aromatic carbocycles. The van der Waals surface area contributed by atoms with Crippen molar-refractivity contribution in [2.75, 3.05) is 0 Å². The molecule has 3 heteroatoms. The van der Waals surface area contributed by atoms with Gasteiger partial charge in [0.2, 0.25) is 0 Å². The van der Waals surface area contributed by atoms with Crippen molar-refractivity contribution >= 4 is 0 Å². The second-order valence-corrected chi connectivity index (χ2v) is 5.75. The van der Waals surface area contributed by atoms with E-state index < -0.39 is 17.7 Å². The lowest BCUT2D eigenvalue weighted by Crippen LogP contribution is -2.15. The number of hydrogen-bond donors (Lipinski definition) is 1. The highest BCUT2D eigenvalue weighted by molar-refractivity contribution is 5.31. The summed E-state index contributed by atoms with van der Waals surface area (Å²) in [6, 6.07) is 11.9. The van der Waals surface area contributed by atoms with Gasteiger partial charge in [-0.3, -0.25) is 0 Å². The molecule has 1 aliphatic rings. The van der Waals surface area contributed by atoms with Crippen LogP contribution in [-0.4, -0.2) is 5.11 Å². The van der Waals surface area contributed by atoms with Gasteiger partial charge in [0.25, 0.3) is 0 Å². The third-order valence-corrected chi connectivity index (χ3v) is 4.32. The fourth-order valence-corrected chi connectivity index (χ4v) is 3.20. The third-order valence-electron chi connectivity index (χ3n) is 4.32. The Morgan fingerprint density at radius 2 is 1.86 bits per heavy atom. The molecule has 1 nitrogen and oxygen atoms in total. The van der Waals surface area contributed by atoms with Gasteiger partial charge in [-0.25, -0.2) is 8.78 Å². The van der Waals surface area contributed by atoms with Gasteiger partial charge in [0.15, 0.2) is 11.6 Å². The predicted molar refractivity (Wildman–Crippen MR) is 77.9 cm³/mol. The molecule has 1 aliphatic carbocycles. The minimum Gasteiger partial charge on any atom is -0.388 e. The Kier molecular flexibility index (Phi) is 4.02. The zero-order valence-electron chi connectivity index (χ0n) is 11.7. The largest absolute Gasteiger partial charge is 0.388 e. The first-order valence-corrected chi connectivity index (χ1v) is 7.35. The van der Waals surface area contributed by atoms with Gasteiger partial charge in [-0.1, -0.05) is 30.3 Å². The van der Waals surface area contributed by atoms with Crippen LogP contribution < -0.4 is 0 Å². The molecule has 110 valence electrons. The van der Waals surface area contributed by atoms with E-state index in [2.05, 4.69) is 6.07 Å². The van der Waals surface area contributed by atoms with Gasteiger partial charge < -0.3 is 5.11 Å². The van der Waals surface area contributed by atoms with Crippen molar-refractivity contribution in [3.05, 3.63) is 70.8 Å². The van der Waals surface area contributed by atoms with Crippen molar-refractivity contribution in [3.8, 4) is 0 Å². The molecule has 0 saturated carbocycles. The topological polar surface area (TPSA) is 20.2 Å². The zero-order valence-corrected chi connectivity index (χ0v) is 11.7. The number of fused-ring (bicyclic) bond motifs is 1. The van der Waals surface area contributed by atoms with Crippen LogP contribution in [0.2, 0.25) is 0 Å². The first-order valence-electron chi connectivity index (χ1n) is 7.35. The smallest absolute Gasteiger partial charge is 0.159 e. The van der Waals surface area contributed by atoms with E-state index in [1.807, 2.05) is 18.2 Å². The van der Waals surface area contributed by atoms with E-state index in [0.717, 1.165) is 36.5 Å². The summed E-state index contributed by atoms with van der Waals surface area (Å²) in [6.45, 7) is 0. The summed E-state index contributed by atoms with van der Waals surface area (Å²) >= 11 is 0. The molecule has 2 unspecified atom stereocenters. The summed E-state index contributed by atoms with van der Waals surface area (Å²) in [5.74, 6) is -1.61. The molecular formula is C18H18F2O. The van der Waals surface area contributed by atoms with Crippen molar-refractivity contribution in [2.24, 2.45) is 5.92 Å². The highest BCUT2D eigenvalue weighted by Gasteiger charge is 2.26. The molecule has 1 N–H and O–H groups in total. The Bertz CT molecular complexity index is 639. The summed E-state index contributed by atoms with van der Waals surface area (Å²) < 4.78 is 26.3. The zero-order chi connectivity index (χ0) is 14.8. The van der Waals surface area contributed by atoms with E-state index in [-0.39, 0.29) is 5.92 Å². The Hall–Kier alpha value is -1.74. The van der Waals surface area contributed by atoms with Crippen LogP contribution in [0.3, 0.4) is 0 Å². The second-order valence-electron chi connectivity index (χ2n) is 5.75. The normalized spacial score (nSPS) is 21.7. The number of halogens is 2. The van der Waals surface area contributed by atoms with E-state index in [9.17, 15) is 13.9 Å². The summed E-state index contributed by atoms with van der Waals surface area (Å²) in [6.07, 6.45) is 2.86. The van der Waals surface area contributed by atoms with Crippen molar-refractivity contribution < 1.29 is 13.9 Å². The highest BCUT2D eigenvalue weighted by Crippen LogP contribution is 2.35. The van der Waals surface area contributed by atoms with E-state index >= 15 is 0 Å². The molecule has 0 bridgehead atoms. The molecule has 0 spiro atoms. The monoisotopic (exact) mass is 288 g/mol. The molecule has 0 aromatic heterocycles. The maximum absolute atomic E-state index is 13.3. The summed E-state index contributed by atoms with van der Waals surface area (Å²) in [5, 5.41) is 10.6. The lowest BCUT2D eigenvalue weighted by molar-refractivity contribution is 0.105. The molecule has 3 rings (SSSR count). The number of aliphatic hydroxyl groups excluding tert-OH is 1. The van der Waals surface area contributed by atoms with Crippen molar-refractivity contribution in [1.29, 1.82) is 0 Å². The molecule has 0 saturated heterocycles. The van der Waals surface area contributed by atoms with E-state index in [4.69, 9.17) is 0 Å². The molecular weight excluding hydrogens is 270 g/mol. The average molecular weight is 288 g/mol. The Morgan fingerprint density at radius 1 is 1.05 bits per heavy atom. The van der Waals surface area contributed by atoms with Gasteiger partial charge in [-0.05, 0) is 60.4 Å². The van der Waals surface area contributed by atoms with Crippen LogP contribution in [0.5, 0.6) is 0 Å². The minimum absolute atomic E-state index is 0.0403. The van der Waals surface area contributed by atoms with Gasteiger partial charge >= 0.3 is 0 Å². The maximum atomic E-state index is 13.3. The maximum Gasteiger partial charge on any atom is 0.159 e. The van der Waals surface area contributed by atoms with E-state index in [1.165, 1.54) is 11.6 Å². The predicted octanol–water partition coefficient (Wildman–Crippen LogP) is 4.19. The quantitative estimate of drug-likeness (QED) is 0.821. The van der Waals surface area contributed by atoms with Crippen molar-refractivity contribution in [3.63, 3.8) is 0 Å². The van der Waals surface area contributed by atoms with Crippen molar-refractivity contribution in [1.82, 2.24) is 0 Å². The van der Waals surface area contributed by atoms with Crippen LogP contribution in [0, 0.1) is 17.6 Å². The fraction of sp³-hybridized carbons (Fsp3) is 0.333. The van der Waals surface area contributed by atoms with Crippen LogP contribution in [0.4, 0.5) is 8.78 Å². The Morgan fingerprint density at radius 3 is 2.67 bits per heavy atom. The fourth-order valence-electron chi connectivity index (χ4n) is 3.20. The molecule has 21 heavy (non-hydrogen) atoms. The van der Waals surface area contributed by atoms with Crippen LogP contribution in [0.15, 0.2) is 42.5 Å². The lowest BCUT2D eigenvalue weighted by atomic mass is 9.88. The van der Waals surface area contributed by atoms with Gasteiger partial charge in [0.05, 0.1) is 6.10 Å². The first kappa shape index (κ1) is 14.2. The van der Waals surface area contributed by atoms with E-state index in [0.29, 0.717) is 6.42 Å². The third kappa shape index (κ3) is 2.98. The SMILES string of the molecule is OC1c2ccccc2CCCC1Cc1ccc(F)c(F)c1. The van der Waals surface area contributed by atoms with Crippen LogP contribution >= 0.6 is 0 Å². The number of benzene rings is 2. The van der Waals surface area contributed by atoms with Gasteiger partial charge in [0.1, 0.15) is 0 Å². The number of aliphatic hydroxyl groups is 1. The average Bonchev–Trinajstić information content (AvgIpc) is 2.64. The molecule has 0 aliphatic heterocycles. The number of aryl methyl sites for hydroxylation is 1. The van der Waals surface area contributed by atoms with Gasteiger partial charge in [-0.15, -0.1) is 0 Å². The van der Waals surface area contributed by atoms with Crippen LogP contribution in [-0.2, 0) is 12.8 Å². The summed E-state index contributed by atoms with van der Waals surface area (Å²) in [4.78, 5) is 0. The van der Waals surface area contributed by atoms with Gasteiger partial charge in [0, 0.05) is 0 Å². The lowest BCUT2D eigenvalue weighted by Gasteiger charge is -2.22. The molecule has 0 fully saturated rings. The number of hydrogen-bond acceptors (Lipinski definition) is 1. The van der Waals surface area contributed by atoms with Crippen LogP contribution in [0.25, 0.3) is 0 Å². The first-order chi connectivity index (χ1) is 10.1. The molecule has 0 heterocycles. The van der Waals surface area contributed by atoms with E-state index in [1.54, 1.807) is 6.07 Å².